The molecule has 0 aliphatic carbocycles. The molecule has 0 aliphatic heterocycles. The molecule has 0 atom stereocenters. The Kier molecular flexibility index (Phi) is 9.14. The molecule has 1 heterocycles. The number of rotatable bonds is 11. The zero-order chi connectivity index (χ0) is 26.7. The molecule has 0 bridgehead atoms. The molecule has 38 heavy (non-hydrogen) atoms. The maximum Gasteiger partial charge on any atom is 0.257 e. The first-order valence-corrected chi connectivity index (χ1v) is 12.7. The highest BCUT2D eigenvalue weighted by Crippen LogP contribution is 2.18. The van der Waals surface area contributed by atoms with Gasteiger partial charge in [0.15, 0.2) is 0 Å². The average Bonchev–Trinajstić information content (AvgIpc) is 3.34. The quantitative estimate of drug-likeness (QED) is 0.167. The van der Waals surface area contributed by atoms with Gasteiger partial charge in [-0.25, -0.2) is 5.43 Å². The molecule has 0 radical (unpaired) electrons. The molecule has 2 N–H and O–H groups in total. The number of nitrogens with zero attached hydrogens (tertiary/aromatic N) is 3. The Morgan fingerprint density at radius 3 is 2.47 bits per heavy atom. The molecule has 0 spiro atoms. The van der Waals surface area contributed by atoms with Gasteiger partial charge in [-0.15, -0.1) is 10.2 Å². The highest BCUT2D eigenvalue weighted by molar-refractivity contribution is 7.15. The van der Waals surface area contributed by atoms with E-state index in [2.05, 4.69) is 26.0 Å². The van der Waals surface area contributed by atoms with Crippen molar-refractivity contribution in [2.75, 3.05) is 18.5 Å². The minimum Gasteiger partial charge on any atom is -0.490 e. The van der Waals surface area contributed by atoms with Crippen LogP contribution in [-0.4, -0.2) is 41.4 Å². The van der Waals surface area contributed by atoms with Crippen LogP contribution in [0.15, 0.2) is 77.9 Å². The fourth-order valence-electron chi connectivity index (χ4n) is 3.36. The Balaban J connectivity index is 1.20. The predicted molar refractivity (Wildman–Crippen MR) is 147 cm³/mol. The van der Waals surface area contributed by atoms with E-state index in [1.165, 1.54) is 11.8 Å². The van der Waals surface area contributed by atoms with Crippen molar-refractivity contribution < 1.29 is 19.1 Å². The van der Waals surface area contributed by atoms with Gasteiger partial charge in [0, 0.05) is 5.56 Å². The van der Waals surface area contributed by atoms with Gasteiger partial charge in [0.2, 0.25) is 11.0 Å². The van der Waals surface area contributed by atoms with Crippen molar-refractivity contribution in [2.45, 2.75) is 20.3 Å². The zero-order valence-corrected chi connectivity index (χ0v) is 21.8. The van der Waals surface area contributed by atoms with E-state index in [1.807, 2.05) is 74.5 Å². The highest BCUT2D eigenvalue weighted by atomic mass is 32.1. The van der Waals surface area contributed by atoms with Gasteiger partial charge in [0.25, 0.3) is 5.91 Å². The molecular weight excluding hydrogens is 502 g/mol. The molecule has 3 aromatic carbocycles. The Morgan fingerprint density at radius 1 is 0.921 bits per heavy atom. The Morgan fingerprint density at radius 2 is 1.68 bits per heavy atom. The van der Waals surface area contributed by atoms with E-state index in [9.17, 15) is 9.59 Å². The summed E-state index contributed by atoms with van der Waals surface area (Å²) in [4.78, 5) is 24.7. The predicted octanol–water partition coefficient (Wildman–Crippen LogP) is 4.56. The Hall–Kier alpha value is -4.57. The lowest BCUT2D eigenvalue weighted by Crippen LogP contribution is -2.19. The first-order valence-electron chi connectivity index (χ1n) is 11.9. The lowest BCUT2D eigenvalue weighted by molar-refractivity contribution is -0.120. The van der Waals surface area contributed by atoms with Gasteiger partial charge in [-0.3, -0.25) is 14.9 Å². The molecule has 194 valence electrons. The second kappa shape index (κ2) is 13.1. The molecule has 10 heteroatoms. The van der Waals surface area contributed by atoms with Crippen LogP contribution in [0.1, 0.15) is 32.1 Å². The van der Waals surface area contributed by atoms with Crippen molar-refractivity contribution in [3.8, 4) is 11.5 Å². The fourth-order valence-corrected chi connectivity index (χ4v) is 4.10. The second-order valence-electron chi connectivity index (χ2n) is 8.32. The summed E-state index contributed by atoms with van der Waals surface area (Å²) in [6, 6.07) is 22.4. The number of amides is 2. The molecule has 0 saturated carbocycles. The van der Waals surface area contributed by atoms with Crippen LogP contribution in [0.25, 0.3) is 0 Å². The van der Waals surface area contributed by atoms with Crippen molar-refractivity contribution in [1.29, 1.82) is 0 Å². The van der Waals surface area contributed by atoms with Crippen LogP contribution in [-0.2, 0) is 11.2 Å². The summed E-state index contributed by atoms with van der Waals surface area (Å²) in [6.45, 7) is 4.69. The number of anilines is 1. The van der Waals surface area contributed by atoms with Crippen LogP contribution in [0.3, 0.4) is 0 Å². The molecule has 0 aliphatic rings. The Bertz CT molecular complexity index is 1420. The van der Waals surface area contributed by atoms with E-state index in [-0.39, 0.29) is 18.2 Å². The molecule has 0 saturated heterocycles. The summed E-state index contributed by atoms with van der Waals surface area (Å²) in [5.41, 5.74) is 5.83. The number of benzene rings is 3. The number of nitrogens with one attached hydrogen (secondary N) is 2. The number of aryl methyl sites for hydroxylation is 2. The van der Waals surface area contributed by atoms with Gasteiger partial charge >= 0.3 is 0 Å². The lowest BCUT2D eigenvalue weighted by Gasteiger charge is -2.09. The van der Waals surface area contributed by atoms with E-state index < -0.39 is 0 Å². The van der Waals surface area contributed by atoms with Gasteiger partial charge in [0.1, 0.15) is 29.7 Å². The maximum absolute atomic E-state index is 12.4. The molecule has 0 unspecified atom stereocenters. The van der Waals surface area contributed by atoms with E-state index in [0.717, 1.165) is 28.2 Å². The Labute approximate surface area is 224 Å². The largest absolute Gasteiger partial charge is 0.490 e. The van der Waals surface area contributed by atoms with E-state index in [1.54, 1.807) is 12.1 Å². The van der Waals surface area contributed by atoms with Crippen molar-refractivity contribution in [3.05, 3.63) is 100 Å². The van der Waals surface area contributed by atoms with Crippen LogP contribution >= 0.6 is 11.3 Å². The van der Waals surface area contributed by atoms with Crippen LogP contribution in [0, 0.1) is 13.8 Å². The molecular formula is C28H27N5O4S. The normalized spacial score (nSPS) is 10.8. The molecule has 4 rings (SSSR count). The van der Waals surface area contributed by atoms with E-state index in [0.29, 0.717) is 34.7 Å². The van der Waals surface area contributed by atoms with Crippen molar-refractivity contribution >= 4 is 34.5 Å². The SMILES string of the molecule is Cc1ccc(OCCOc2cccc(/C=N\NC(=O)Cc3nnc(NC(=O)c4ccccc4C)s3)c2)cc1. The van der Waals surface area contributed by atoms with Crippen molar-refractivity contribution in [3.63, 3.8) is 0 Å². The summed E-state index contributed by atoms with van der Waals surface area (Å²) < 4.78 is 11.4. The number of carbonyl (C=O) groups excluding carboxylic acids is 2. The van der Waals surface area contributed by atoms with Gasteiger partial charge in [-0.2, -0.15) is 5.10 Å². The molecule has 0 fully saturated rings. The molecule has 9 nitrogen and oxygen atoms in total. The number of aromatic nitrogens is 2. The number of ether oxygens (including phenoxy) is 2. The topological polar surface area (TPSA) is 115 Å². The summed E-state index contributed by atoms with van der Waals surface area (Å²) in [6.07, 6.45) is 1.51. The number of hydrogen-bond donors (Lipinski definition) is 2. The number of hydrogen-bond acceptors (Lipinski definition) is 8. The monoisotopic (exact) mass is 529 g/mol. The van der Waals surface area contributed by atoms with Crippen LogP contribution < -0.4 is 20.2 Å². The lowest BCUT2D eigenvalue weighted by atomic mass is 10.1. The van der Waals surface area contributed by atoms with Crippen LogP contribution in [0.5, 0.6) is 11.5 Å². The molecule has 1 aromatic heterocycles. The fraction of sp³-hybridized carbons (Fsp3) is 0.179. The summed E-state index contributed by atoms with van der Waals surface area (Å²) in [5, 5.41) is 15.4. The maximum atomic E-state index is 12.4. The van der Waals surface area contributed by atoms with Gasteiger partial charge in [-0.05, 0) is 55.3 Å². The first-order chi connectivity index (χ1) is 18.5. The minimum atomic E-state index is -0.352. The third-order valence-corrected chi connectivity index (χ3v) is 6.13. The van der Waals surface area contributed by atoms with Crippen LogP contribution in [0.4, 0.5) is 5.13 Å². The summed E-state index contributed by atoms with van der Waals surface area (Å²) >= 11 is 1.14. The standard InChI is InChI=1S/C28H27N5O4S/c1-19-10-12-22(13-11-19)36-14-15-37-23-8-5-7-21(16-23)18-29-31-25(34)17-26-32-33-28(38-26)30-27(35)24-9-4-3-6-20(24)2/h3-13,16,18H,14-15,17H2,1-2H3,(H,31,34)(H,30,33,35)/b29-18-. The van der Waals surface area contributed by atoms with Gasteiger partial charge < -0.3 is 9.47 Å². The van der Waals surface area contributed by atoms with Crippen LogP contribution in [0.2, 0.25) is 0 Å². The zero-order valence-electron chi connectivity index (χ0n) is 21.0. The summed E-state index contributed by atoms with van der Waals surface area (Å²) in [5.74, 6) is 0.842. The van der Waals surface area contributed by atoms with E-state index >= 15 is 0 Å². The van der Waals surface area contributed by atoms with Crippen molar-refractivity contribution in [1.82, 2.24) is 15.6 Å². The van der Waals surface area contributed by atoms with Crippen molar-refractivity contribution in [2.24, 2.45) is 5.10 Å². The second-order valence-corrected chi connectivity index (χ2v) is 9.38. The minimum absolute atomic E-state index is 0.0145. The summed E-state index contributed by atoms with van der Waals surface area (Å²) in [7, 11) is 0. The molecule has 2 amide bonds. The average molecular weight is 530 g/mol. The third-order valence-electron chi connectivity index (χ3n) is 5.29. The third kappa shape index (κ3) is 7.97. The molecule has 4 aromatic rings. The first kappa shape index (κ1) is 26.5. The number of hydrazone groups is 1. The van der Waals surface area contributed by atoms with E-state index in [4.69, 9.17) is 9.47 Å². The number of carbonyl (C=O) groups is 2. The van der Waals surface area contributed by atoms with Gasteiger partial charge in [-0.1, -0.05) is 59.4 Å². The smallest absolute Gasteiger partial charge is 0.257 e. The highest BCUT2D eigenvalue weighted by Gasteiger charge is 2.13. The van der Waals surface area contributed by atoms with Gasteiger partial charge in [0.05, 0.1) is 12.6 Å².